The van der Waals surface area contributed by atoms with Gasteiger partial charge in [0.1, 0.15) is 11.7 Å². The second-order valence-corrected chi connectivity index (χ2v) is 9.17. The Morgan fingerprint density at radius 3 is 2.47 bits per heavy atom. The summed E-state index contributed by atoms with van der Waals surface area (Å²) in [5.41, 5.74) is 1.19. The van der Waals surface area contributed by atoms with E-state index in [2.05, 4.69) is 10.6 Å². The second kappa shape index (κ2) is 7.96. The monoisotopic (exact) mass is 483 g/mol. The van der Waals surface area contributed by atoms with E-state index in [1.165, 1.54) is 0 Å². The van der Waals surface area contributed by atoms with Crippen LogP contribution in [-0.4, -0.2) is 16.7 Å². The predicted octanol–water partition coefficient (Wildman–Crippen LogP) is 5.79. The molecule has 2 aliphatic rings. The number of ether oxygens (including phenoxy) is 1. The van der Waals surface area contributed by atoms with Crippen LogP contribution >= 0.6 is 35.4 Å². The maximum atomic E-state index is 13.7. The van der Waals surface area contributed by atoms with Crippen LogP contribution in [0.1, 0.15) is 18.5 Å². The van der Waals surface area contributed by atoms with E-state index in [0.717, 1.165) is 11.3 Å². The molecular formula is C24H19Cl2N3O2S. The molecule has 5 rings (SSSR count). The number of halogens is 2. The summed E-state index contributed by atoms with van der Waals surface area (Å²) < 4.78 is 6.53. The van der Waals surface area contributed by atoms with Crippen LogP contribution in [0.25, 0.3) is 0 Å². The van der Waals surface area contributed by atoms with Crippen molar-refractivity contribution in [2.45, 2.75) is 18.7 Å². The first-order chi connectivity index (χ1) is 15.4. The number of nitrogens with one attached hydrogen (secondary N) is 2. The van der Waals surface area contributed by atoms with Crippen molar-refractivity contribution in [3.05, 3.63) is 88.4 Å². The molecule has 1 fully saturated rings. The van der Waals surface area contributed by atoms with Crippen LogP contribution in [0, 0.1) is 5.92 Å². The fourth-order valence-electron chi connectivity index (χ4n) is 4.47. The third kappa shape index (κ3) is 3.48. The number of carbonyl (C=O) groups is 1. The third-order valence-electron chi connectivity index (χ3n) is 5.87. The Kier molecular flexibility index (Phi) is 5.24. The summed E-state index contributed by atoms with van der Waals surface area (Å²) in [4.78, 5) is 15.5. The summed E-state index contributed by atoms with van der Waals surface area (Å²) in [5.74, 6) is -0.189. The molecule has 3 aromatic rings. The lowest BCUT2D eigenvalue weighted by Gasteiger charge is -2.56. The lowest BCUT2D eigenvalue weighted by atomic mass is 9.78. The van der Waals surface area contributed by atoms with Gasteiger partial charge in [-0.2, -0.15) is 0 Å². The summed E-state index contributed by atoms with van der Waals surface area (Å²) in [6.45, 7) is 1.89. The van der Waals surface area contributed by atoms with Crippen molar-refractivity contribution in [1.29, 1.82) is 0 Å². The van der Waals surface area contributed by atoms with Crippen molar-refractivity contribution in [1.82, 2.24) is 5.32 Å². The molecule has 0 aromatic heterocycles. The van der Waals surface area contributed by atoms with E-state index in [4.69, 9.17) is 40.2 Å². The number of thiocarbonyl (C=S) groups is 1. The molecule has 0 saturated carbocycles. The standard InChI is InChI=1S/C24H19Cl2N3O2S/c1-24-20(22(30)27-16-10-7-14(25)8-11-16)21(18-13-15(26)9-12-19(18)31-24)28-23(32)29(24)17-5-3-2-4-6-17/h2-13,20-21H,1H3,(H,27,30)(H,28,32). The molecule has 162 valence electrons. The number of para-hydroxylation sites is 1. The van der Waals surface area contributed by atoms with E-state index in [9.17, 15) is 4.79 Å². The van der Waals surface area contributed by atoms with E-state index in [1.54, 1.807) is 30.3 Å². The molecule has 2 aliphatic heterocycles. The topological polar surface area (TPSA) is 53.6 Å². The van der Waals surface area contributed by atoms with Gasteiger partial charge in [-0.25, -0.2) is 0 Å². The summed E-state index contributed by atoms with van der Waals surface area (Å²) >= 11 is 18.0. The van der Waals surface area contributed by atoms with E-state index in [1.807, 2.05) is 54.3 Å². The number of anilines is 2. The van der Waals surface area contributed by atoms with Crippen LogP contribution in [0.15, 0.2) is 72.8 Å². The van der Waals surface area contributed by atoms with Crippen molar-refractivity contribution in [3.63, 3.8) is 0 Å². The first-order valence-electron chi connectivity index (χ1n) is 10.1. The van der Waals surface area contributed by atoms with Crippen molar-refractivity contribution >= 4 is 57.8 Å². The average molecular weight is 484 g/mol. The molecule has 0 aliphatic carbocycles. The Labute approximate surface area is 201 Å². The highest BCUT2D eigenvalue weighted by Gasteiger charge is 2.59. The zero-order chi connectivity index (χ0) is 22.5. The van der Waals surface area contributed by atoms with Gasteiger partial charge >= 0.3 is 0 Å². The highest BCUT2D eigenvalue weighted by molar-refractivity contribution is 7.80. The van der Waals surface area contributed by atoms with Crippen LogP contribution in [0.2, 0.25) is 10.0 Å². The van der Waals surface area contributed by atoms with Gasteiger partial charge in [-0.15, -0.1) is 0 Å². The normalized spacial score (nSPS) is 23.6. The number of fused-ring (bicyclic) bond motifs is 4. The van der Waals surface area contributed by atoms with E-state index < -0.39 is 17.7 Å². The molecule has 3 aromatic carbocycles. The Balaban J connectivity index is 1.62. The summed E-state index contributed by atoms with van der Waals surface area (Å²) in [7, 11) is 0. The van der Waals surface area contributed by atoms with Crippen LogP contribution in [0.4, 0.5) is 11.4 Å². The fourth-order valence-corrected chi connectivity index (χ4v) is 5.19. The molecule has 2 N–H and O–H groups in total. The molecular weight excluding hydrogens is 465 g/mol. The minimum absolute atomic E-state index is 0.207. The lowest BCUT2D eigenvalue weighted by Crippen LogP contribution is -2.72. The minimum atomic E-state index is -1.08. The highest BCUT2D eigenvalue weighted by atomic mass is 35.5. The summed E-state index contributed by atoms with van der Waals surface area (Å²) in [6, 6.07) is 21.7. The van der Waals surface area contributed by atoms with Crippen LogP contribution < -0.4 is 20.3 Å². The number of carbonyl (C=O) groups excluding carboxylic acids is 1. The molecule has 0 radical (unpaired) electrons. The van der Waals surface area contributed by atoms with Crippen LogP contribution in [0.3, 0.4) is 0 Å². The Bertz CT molecular complexity index is 1210. The number of benzene rings is 3. The number of amides is 1. The van der Waals surface area contributed by atoms with E-state index in [-0.39, 0.29) is 5.91 Å². The highest BCUT2D eigenvalue weighted by Crippen LogP contribution is 2.50. The zero-order valence-corrected chi connectivity index (χ0v) is 19.3. The number of nitrogens with zero attached hydrogens (tertiary/aromatic N) is 1. The van der Waals surface area contributed by atoms with Gasteiger partial charge < -0.3 is 15.4 Å². The molecule has 0 spiro atoms. The summed E-state index contributed by atoms with van der Waals surface area (Å²) in [6.07, 6.45) is 0. The largest absolute Gasteiger partial charge is 0.467 e. The van der Waals surface area contributed by atoms with Crippen LogP contribution in [-0.2, 0) is 4.79 Å². The first-order valence-corrected chi connectivity index (χ1v) is 11.2. The van der Waals surface area contributed by atoms with Crippen molar-refractivity contribution in [3.8, 4) is 5.75 Å². The zero-order valence-electron chi connectivity index (χ0n) is 17.0. The Hall–Kier alpha value is -2.80. The molecule has 2 heterocycles. The molecule has 32 heavy (non-hydrogen) atoms. The maximum Gasteiger partial charge on any atom is 0.236 e. The molecule has 8 heteroatoms. The predicted molar refractivity (Wildman–Crippen MR) is 131 cm³/mol. The van der Waals surface area contributed by atoms with Gasteiger partial charge in [0.15, 0.2) is 10.8 Å². The first kappa shape index (κ1) is 21.1. The van der Waals surface area contributed by atoms with Gasteiger partial charge in [0.05, 0.1) is 6.04 Å². The van der Waals surface area contributed by atoms with Gasteiger partial charge in [-0.05, 0) is 73.7 Å². The van der Waals surface area contributed by atoms with Gasteiger partial charge in [-0.3, -0.25) is 9.69 Å². The second-order valence-electron chi connectivity index (χ2n) is 7.91. The van der Waals surface area contributed by atoms with Gasteiger partial charge in [0.2, 0.25) is 5.91 Å². The molecule has 5 nitrogen and oxygen atoms in total. The SMILES string of the molecule is CC12Oc3ccc(Cl)cc3C(NC(=S)N1c1ccccc1)C2C(=O)Nc1ccc(Cl)cc1. The van der Waals surface area contributed by atoms with E-state index >= 15 is 0 Å². The number of hydrogen-bond donors (Lipinski definition) is 2. The van der Waals surface area contributed by atoms with Gasteiger partial charge in [-0.1, -0.05) is 41.4 Å². The number of hydrogen-bond acceptors (Lipinski definition) is 3. The smallest absolute Gasteiger partial charge is 0.236 e. The molecule has 2 bridgehead atoms. The molecule has 1 saturated heterocycles. The fraction of sp³-hybridized carbons (Fsp3) is 0.167. The maximum absolute atomic E-state index is 13.7. The van der Waals surface area contributed by atoms with Gasteiger partial charge in [0, 0.05) is 27.0 Å². The van der Waals surface area contributed by atoms with Crippen molar-refractivity contribution in [2.75, 3.05) is 10.2 Å². The summed E-state index contributed by atoms with van der Waals surface area (Å²) in [5, 5.41) is 8.01. The van der Waals surface area contributed by atoms with E-state index in [0.29, 0.717) is 26.6 Å². The van der Waals surface area contributed by atoms with Crippen LogP contribution in [0.5, 0.6) is 5.75 Å². The third-order valence-corrected chi connectivity index (χ3v) is 6.66. The number of rotatable bonds is 3. The quantitative estimate of drug-likeness (QED) is 0.461. The molecule has 3 unspecified atom stereocenters. The molecule has 3 atom stereocenters. The lowest BCUT2D eigenvalue weighted by molar-refractivity contribution is -0.130. The Morgan fingerprint density at radius 1 is 1.06 bits per heavy atom. The minimum Gasteiger partial charge on any atom is -0.467 e. The van der Waals surface area contributed by atoms with Crippen molar-refractivity contribution < 1.29 is 9.53 Å². The van der Waals surface area contributed by atoms with Crippen molar-refractivity contribution in [2.24, 2.45) is 5.92 Å². The Morgan fingerprint density at radius 2 is 1.75 bits per heavy atom. The average Bonchev–Trinajstić information content (AvgIpc) is 2.76. The van der Waals surface area contributed by atoms with Gasteiger partial charge in [0.25, 0.3) is 0 Å². The molecule has 1 amide bonds.